The minimum absolute atomic E-state index is 0.0246. The van der Waals surface area contributed by atoms with E-state index in [1.54, 1.807) is 0 Å². The highest BCUT2D eigenvalue weighted by Crippen LogP contribution is 2.39. The van der Waals surface area contributed by atoms with Gasteiger partial charge < -0.3 is 29.5 Å². The molecule has 3 aliphatic rings. The lowest BCUT2D eigenvalue weighted by Gasteiger charge is -2.25. The van der Waals surface area contributed by atoms with Gasteiger partial charge in [0.1, 0.15) is 12.0 Å². The highest BCUT2D eigenvalue weighted by Gasteiger charge is 2.45. The van der Waals surface area contributed by atoms with Crippen molar-refractivity contribution in [3.63, 3.8) is 0 Å². The van der Waals surface area contributed by atoms with Gasteiger partial charge in [-0.2, -0.15) is 0 Å². The summed E-state index contributed by atoms with van der Waals surface area (Å²) in [5, 5.41) is 21.2. The third-order valence-corrected chi connectivity index (χ3v) is 5.33. The molecule has 0 unspecified atom stereocenters. The van der Waals surface area contributed by atoms with Crippen LogP contribution >= 0.6 is 0 Å². The quantitative estimate of drug-likeness (QED) is 0.514. The second-order valence-corrected chi connectivity index (χ2v) is 6.96. The zero-order valence-corrected chi connectivity index (χ0v) is 13.8. The molecule has 0 aliphatic carbocycles. The Morgan fingerprint density at radius 3 is 2.92 bits per heavy atom. The van der Waals surface area contributed by atoms with Crippen molar-refractivity contribution in [3.05, 3.63) is 29.8 Å². The summed E-state index contributed by atoms with van der Waals surface area (Å²) in [4.78, 5) is 12.6. The molecule has 5 atom stereocenters. The van der Waals surface area contributed by atoms with Gasteiger partial charge in [-0.15, -0.1) is 0 Å². The summed E-state index contributed by atoms with van der Waals surface area (Å²) in [6, 6.07) is 7.72. The SMILES string of the molecule is O=C(N[C@@H](C[C@@H]1COc2ccccc21)OB(O)O)[C@@H]1C[C@@H]2CC[C@H]1O2. The molecule has 1 amide bonds. The first-order valence-corrected chi connectivity index (χ1v) is 8.79. The standard InChI is InChI=1S/C17H22BNO6/c20-17(13-8-11-5-6-15(13)24-11)19-16(25-18(21)22)7-10-9-23-14-4-2-1-3-12(10)14/h1-4,10-11,13,15-16,21-22H,5-9H2,(H,19,20)/t10-,11+,13-,15-,16-/m1/s1. The van der Waals surface area contributed by atoms with Gasteiger partial charge in [0.2, 0.25) is 5.91 Å². The minimum atomic E-state index is -1.95. The molecular formula is C17H22BNO6. The Labute approximate surface area is 146 Å². The fourth-order valence-electron chi connectivity index (χ4n) is 4.16. The summed E-state index contributed by atoms with van der Waals surface area (Å²) in [6.07, 6.45) is 2.40. The molecule has 0 aromatic heterocycles. The number of rotatable bonds is 6. The van der Waals surface area contributed by atoms with Gasteiger partial charge in [0.25, 0.3) is 0 Å². The highest BCUT2D eigenvalue weighted by molar-refractivity contribution is 6.32. The maximum atomic E-state index is 12.6. The molecule has 8 heteroatoms. The smallest absolute Gasteiger partial charge is 0.493 e. The van der Waals surface area contributed by atoms with E-state index in [1.165, 1.54) is 0 Å². The fraction of sp³-hybridized carbons (Fsp3) is 0.588. The van der Waals surface area contributed by atoms with Crippen molar-refractivity contribution >= 4 is 13.2 Å². The van der Waals surface area contributed by atoms with E-state index < -0.39 is 13.5 Å². The molecule has 2 saturated heterocycles. The van der Waals surface area contributed by atoms with Gasteiger partial charge in [0.15, 0.2) is 0 Å². The number of fused-ring (bicyclic) bond motifs is 3. The summed E-state index contributed by atoms with van der Waals surface area (Å²) in [7, 11) is -1.95. The third-order valence-electron chi connectivity index (χ3n) is 5.33. The number of nitrogens with one attached hydrogen (secondary N) is 1. The molecule has 7 nitrogen and oxygen atoms in total. The topological polar surface area (TPSA) is 97.3 Å². The van der Waals surface area contributed by atoms with Crippen molar-refractivity contribution in [1.82, 2.24) is 5.32 Å². The molecule has 0 spiro atoms. The van der Waals surface area contributed by atoms with Gasteiger partial charge in [-0.25, -0.2) is 0 Å². The Kier molecular flexibility index (Phi) is 4.68. The number of para-hydroxylation sites is 1. The van der Waals surface area contributed by atoms with Crippen LogP contribution in [0.25, 0.3) is 0 Å². The van der Waals surface area contributed by atoms with E-state index in [2.05, 4.69) is 5.32 Å². The summed E-state index contributed by atoms with van der Waals surface area (Å²) < 4.78 is 16.5. The third kappa shape index (κ3) is 3.53. The normalized spacial score (nSPS) is 30.6. The van der Waals surface area contributed by atoms with Crippen LogP contribution in [0.5, 0.6) is 5.75 Å². The molecular weight excluding hydrogens is 325 g/mol. The summed E-state index contributed by atoms with van der Waals surface area (Å²) in [5.74, 6) is 0.512. The first-order chi connectivity index (χ1) is 12.1. The summed E-state index contributed by atoms with van der Waals surface area (Å²) >= 11 is 0. The van der Waals surface area contributed by atoms with Gasteiger partial charge in [-0.05, 0) is 25.3 Å². The Balaban J connectivity index is 1.41. The van der Waals surface area contributed by atoms with E-state index in [9.17, 15) is 14.8 Å². The first kappa shape index (κ1) is 16.8. The number of hydrogen-bond acceptors (Lipinski definition) is 6. The van der Waals surface area contributed by atoms with E-state index >= 15 is 0 Å². The van der Waals surface area contributed by atoms with E-state index in [0.29, 0.717) is 13.0 Å². The number of hydrogen-bond donors (Lipinski definition) is 3. The molecule has 4 rings (SSSR count). The lowest BCUT2D eigenvalue weighted by atomic mass is 9.88. The molecule has 1 aromatic rings. The molecule has 3 heterocycles. The van der Waals surface area contributed by atoms with Crippen LogP contribution in [0.3, 0.4) is 0 Å². The Morgan fingerprint density at radius 1 is 1.36 bits per heavy atom. The van der Waals surface area contributed by atoms with Gasteiger partial charge in [-0.1, -0.05) is 18.2 Å². The van der Waals surface area contributed by atoms with Crippen LogP contribution in [0.2, 0.25) is 0 Å². The average Bonchev–Trinajstić information content (AvgIpc) is 3.30. The Hall–Kier alpha value is -1.61. The van der Waals surface area contributed by atoms with Crippen LogP contribution in [0.15, 0.2) is 24.3 Å². The van der Waals surface area contributed by atoms with Crippen molar-refractivity contribution in [2.24, 2.45) is 5.92 Å². The molecule has 3 aliphatic heterocycles. The molecule has 0 saturated carbocycles. The van der Waals surface area contributed by atoms with Crippen LogP contribution in [0.1, 0.15) is 37.2 Å². The van der Waals surface area contributed by atoms with Crippen molar-refractivity contribution in [2.75, 3.05) is 6.61 Å². The lowest BCUT2D eigenvalue weighted by molar-refractivity contribution is -0.129. The number of ether oxygens (including phenoxy) is 2. The molecule has 25 heavy (non-hydrogen) atoms. The first-order valence-electron chi connectivity index (χ1n) is 8.79. The van der Waals surface area contributed by atoms with Crippen LogP contribution in [-0.2, 0) is 14.2 Å². The van der Waals surface area contributed by atoms with Gasteiger partial charge in [-0.3, -0.25) is 4.79 Å². The van der Waals surface area contributed by atoms with Crippen LogP contribution in [-0.4, -0.2) is 48.3 Å². The zero-order chi connectivity index (χ0) is 17.4. The van der Waals surface area contributed by atoms with E-state index in [4.69, 9.17) is 14.1 Å². The maximum Gasteiger partial charge on any atom is 0.635 e. The molecule has 2 bridgehead atoms. The van der Waals surface area contributed by atoms with Crippen LogP contribution in [0, 0.1) is 5.92 Å². The van der Waals surface area contributed by atoms with E-state index in [1.807, 2.05) is 24.3 Å². The van der Waals surface area contributed by atoms with Crippen molar-refractivity contribution in [3.8, 4) is 5.75 Å². The lowest BCUT2D eigenvalue weighted by Crippen LogP contribution is -2.46. The largest absolute Gasteiger partial charge is 0.635 e. The van der Waals surface area contributed by atoms with Crippen LogP contribution in [0.4, 0.5) is 0 Å². The summed E-state index contributed by atoms with van der Waals surface area (Å²) in [6.45, 7) is 0.480. The molecule has 1 aromatic carbocycles. The summed E-state index contributed by atoms with van der Waals surface area (Å²) in [5.41, 5.74) is 1.04. The van der Waals surface area contributed by atoms with Gasteiger partial charge >= 0.3 is 7.32 Å². The minimum Gasteiger partial charge on any atom is -0.493 e. The van der Waals surface area contributed by atoms with Gasteiger partial charge in [0.05, 0.1) is 24.7 Å². The Bertz CT molecular complexity index is 641. The van der Waals surface area contributed by atoms with Crippen LogP contribution < -0.4 is 10.1 Å². The Morgan fingerprint density at radius 2 is 2.20 bits per heavy atom. The molecule has 3 N–H and O–H groups in total. The number of amides is 1. The second kappa shape index (κ2) is 6.95. The highest BCUT2D eigenvalue weighted by atomic mass is 16.6. The van der Waals surface area contributed by atoms with Gasteiger partial charge in [0, 0.05) is 17.9 Å². The number of benzene rings is 1. The second-order valence-electron chi connectivity index (χ2n) is 6.96. The maximum absolute atomic E-state index is 12.6. The number of carbonyl (C=O) groups excluding carboxylic acids is 1. The molecule has 0 radical (unpaired) electrons. The van der Waals surface area contributed by atoms with Crippen molar-refractivity contribution < 1.29 is 29.0 Å². The van der Waals surface area contributed by atoms with E-state index in [-0.39, 0.29) is 30.0 Å². The average molecular weight is 347 g/mol. The molecule has 2 fully saturated rings. The van der Waals surface area contributed by atoms with Crippen molar-refractivity contribution in [1.29, 1.82) is 0 Å². The predicted molar refractivity (Wildman–Crippen MR) is 88.5 cm³/mol. The van der Waals surface area contributed by atoms with Crippen molar-refractivity contribution in [2.45, 2.75) is 50.0 Å². The molecule has 134 valence electrons. The van der Waals surface area contributed by atoms with E-state index in [0.717, 1.165) is 30.6 Å². The predicted octanol–water partition coefficient (Wildman–Crippen LogP) is 0.549. The zero-order valence-electron chi connectivity index (χ0n) is 13.8. The fourth-order valence-corrected chi connectivity index (χ4v) is 4.16. The number of carbonyl (C=O) groups is 1. The monoisotopic (exact) mass is 347 g/mol.